The van der Waals surface area contributed by atoms with Gasteiger partial charge in [0.1, 0.15) is 0 Å². The van der Waals surface area contributed by atoms with E-state index in [1.165, 1.54) is 10.4 Å². The number of nitrogens with zero attached hydrogens (tertiary/aromatic N) is 1. The molecule has 2 fully saturated rings. The van der Waals surface area contributed by atoms with E-state index in [1.54, 1.807) is 0 Å². The minimum atomic E-state index is -0.815. The number of likely N-dealkylation sites (tertiary alicyclic amines) is 1. The second-order valence-corrected chi connectivity index (χ2v) is 7.15. The molecule has 0 unspecified atom stereocenters. The van der Waals surface area contributed by atoms with Gasteiger partial charge >= 0.3 is 13.2 Å². The summed E-state index contributed by atoms with van der Waals surface area (Å²) in [5.74, 6) is 0.709. The molecule has 6 heteroatoms. The lowest BCUT2D eigenvalue weighted by Crippen LogP contribution is -2.41. The predicted molar refractivity (Wildman–Crippen MR) is 75.4 cm³/mol. The Kier molecular flexibility index (Phi) is 2.96. The van der Waals surface area contributed by atoms with E-state index in [-0.39, 0.29) is 18.3 Å². The van der Waals surface area contributed by atoms with E-state index in [9.17, 15) is 4.79 Å². The number of amides is 1. The second kappa shape index (κ2) is 4.24. The molecule has 1 N–H and O–H groups in total. The summed E-state index contributed by atoms with van der Waals surface area (Å²) >= 11 is 0. The maximum atomic E-state index is 11.0. The summed E-state index contributed by atoms with van der Waals surface area (Å²) in [5, 5.41) is 9.04. The van der Waals surface area contributed by atoms with Crippen molar-refractivity contribution < 1.29 is 19.2 Å². The number of fused-ring (bicyclic) bond motifs is 1. The number of carbonyl (C=O) groups is 1. The van der Waals surface area contributed by atoms with Gasteiger partial charge in [-0.2, -0.15) is 0 Å². The van der Waals surface area contributed by atoms with Crippen LogP contribution >= 0.6 is 0 Å². The second-order valence-electron chi connectivity index (χ2n) is 7.15. The van der Waals surface area contributed by atoms with Gasteiger partial charge in [-0.3, -0.25) is 0 Å². The molecule has 2 atom stereocenters. The Labute approximate surface area is 120 Å². The lowest BCUT2D eigenvalue weighted by Gasteiger charge is -2.32. The summed E-state index contributed by atoms with van der Waals surface area (Å²) in [5.41, 5.74) is 0.552. The Balaban J connectivity index is 1.70. The first-order chi connectivity index (χ1) is 9.19. The predicted octanol–water partition coefficient (Wildman–Crippen LogP) is 2.17. The largest absolute Gasteiger partial charge is 0.490 e. The normalized spacial score (nSPS) is 34.3. The molecule has 3 rings (SSSR count). The molecule has 0 bridgehead atoms. The van der Waals surface area contributed by atoms with Crippen molar-refractivity contribution in [1.29, 1.82) is 0 Å². The SMILES string of the molecule is CC1(C)OB(C2=C[C@@H]3CN(C(=O)O)C[C@@H]3C2)OC1(C)C. The molecule has 2 heterocycles. The van der Waals surface area contributed by atoms with Crippen molar-refractivity contribution in [2.24, 2.45) is 11.8 Å². The molecule has 20 heavy (non-hydrogen) atoms. The quantitative estimate of drug-likeness (QED) is 0.747. The van der Waals surface area contributed by atoms with Crippen LogP contribution < -0.4 is 0 Å². The summed E-state index contributed by atoms with van der Waals surface area (Å²) in [4.78, 5) is 12.5. The molecule has 0 radical (unpaired) electrons. The highest BCUT2D eigenvalue weighted by Gasteiger charge is 2.54. The molecule has 0 spiro atoms. The first-order valence-electron chi connectivity index (χ1n) is 7.24. The van der Waals surface area contributed by atoms with Crippen molar-refractivity contribution in [2.45, 2.75) is 45.3 Å². The molecular formula is C14H22BNO4. The van der Waals surface area contributed by atoms with E-state index in [0.29, 0.717) is 24.9 Å². The maximum Gasteiger partial charge on any atom is 0.490 e. The molecule has 1 amide bonds. The molecule has 2 saturated heterocycles. The molecule has 0 aromatic carbocycles. The fourth-order valence-corrected chi connectivity index (χ4v) is 3.27. The fraction of sp³-hybridized carbons (Fsp3) is 0.786. The minimum absolute atomic E-state index is 0.274. The van der Waals surface area contributed by atoms with Crippen LogP contribution in [0.15, 0.2) is 11.5 Å². The molecular weight excluding hydrogens is 257 g/mol. The van der Waals surface area contributed by atoms with Crippen LogP contribution in [0.2, 0.25) is 0 Å². The molecule has 0 saturated carbocycles. The van der Waals surface area contributed by atoms with Crippen molar-refractivity contribution in [3.05, 3.63) is 11.5 Å². The van der Waals surface area contributed by atoms with Gasteiger partial charge in [0.2, 0.25) is 0 Å². The van der Waals surface area contributed by atoms with Crippen molar-refractivity contribution in [1.82, 2.24) is 4.90 Å². The smallest absolute Gasteiger partial charge is 0.465 e. The van der Waals surface area contributed by atoms with E-state index >= 15 is 0 Å². The van der Waals surface area contributed by atoms with Gasteiger partial charge in [0.15, 0.2) is 0 Å². The van der Waals surface area contributed by atoms with Gasteiger partial charge in [-0.25, -0.2) is 4.79 Å². The third-order valence-corrected chi connectivity index (χ3v) is 5.24. The van der Waals surface area contributed by atoms with Gasteiger partial charge in [-0.1, -0.05) is 6.08 Å². The van der Waals surface area contributed by atoms with Gasteiger partial charge in [0.25, 0.3) is 0 Å². The number of hydrogen-bond donors (Lipinski definition) is 1. The lowest BCUT2D eigenvalue weighted by molar-refractivity contribution is 0.00578. The van der Waals surface area contributed by atoms with Gasteiger partial charge < -0.3 is 19.3 Å². The Bertz CT molecular complexity index is 458. The standard InChI is InChI=1S/C14H22BNO4/c1-13(2)14(3,4)20-15(19-13)11-5-9-7-16(12(17)18)8-10(9)6-11/h5,9-10H,6-8H2,1-4H3,(H,17,18)/t9-,10+/m1/s1. The molecule has 0 aromatic heterocycles. The minimum Gasteiger partial charge on any atom is -0.465 e. The molecule has 5 nitrogen and oxygen atoms in total. The molecule has 1 aliphatic carbocycles. The molecule has 2 aliphatic heterocycles. The van der Waals surface area contributed by atoms with Gasteiger partial charge in [-0.15, -0.1) is 0 Å². The van der Waals surface area contributed by atoms with E-state index in [2.05, 4.69) is 33.8 Å². The molecule has 0 aromatic rings. The highest BCUT2D eigenvalue weighted by Crippen LogP contribution is 2.44. The Morgan fingerprint density at radius 3 is 2.40 bits per heavy atom. The average Bonchev–Trinajstić information content (AvgIpc) is 2.88. The van der Waals surface area contributed by atoms with Crippen LogP contribution in [0.3, 0.4) is 0 Å². The monoisotopic (exact) mass is 279 g/mol. The third kappa shape index (κ3) is 2.06. The van der Waals surface area contributed by atoms with Crippen molar-refractivity contribution in [3.8, 4) is 0 Å². The molecule has 110 valence electrons. The number of hydrogen-bond acceptors (Lipinski definition) is 3. The first-order valence-corrected chi connectivity index (χ1v) is 7.24. The van der Waals surface area contributed by atoms with E-state index in [0.717, 1.165) is 6.42 Å². The van der Waals surface area contributed by atoms with Crippen LogP contribution in [-0.4, -0.2) is 47.5 Å². The van der Waals surface area contributed by atoms with Crippen molar-refractivity contribution in [3.63, 3.8) is 0 Å². The summed E-state index contributed by atoms with van der Waals surface area (Å²) in [7, 11) is -0.274. The summed E-state index contributed by atoms with van der Waals surface area (Å²) < 4.78 is 12.1. The van der Waals surface area contributed by atoms with Gasteiger partial charge in [-0.05, 0) is 51.4 Å². The number of rotatable bonds is 1. The summed E-state index contributed by atoms with van der Waals surface area (Å²) in [6, 6.07) is 0. The number of allylic oxidation sites excluding steroid dienone is 1. The van der Waals surface area contributed by atoms with E-state index < -0.39 is 6.09 Å². The highest BCUT2D eigenvalue weighted by molar-refractivity contribution is 6.54. The van der Waals surface area contributed by atoms with E-state index in [4.69, 9.17) is 14.4 Å². The van der Waals surface area contributed by atoms with Crippen LogP contribution in [0.4, 0.5) is 4.79 Å². The van der Waals surface area contributed by atoms with Gasteiger partial charge in [0, 0.05) is 13.1 Å². The lowest BCUT2D eigenvalue weighted by atomic mass is 9.77. The van der Waals surface area contributed by atoms with Gasteiger partial charge in [0.05, 0.1) is 11.2 Å². The first kappa shape index (κ1) is 14.0. The zero-order valence-corrected chi connectivity index (χ0v) is 12.5. The van der Waals surface area contributed by atoms with Crippen molar-refractivity contribution >= 4 is 13.2 Å². The van der Waals surface area contributed by atoms with Crippen LogP contribution in [0.5, 0.6) is 0 Å². The van der Waals surface area contributed by atoms with Crippen LogP contribution in [-0.2, 0) is 9.31 Å². The topological polar surface area (TPSA) is 59.0 Å². The third-order valence-electron chi connectivity index (χ3n) is 5.24. The summed E-state index contributed by atoms with van der Waals surface area (Å²) in [6.45, 7) is 9.43. The zero-order chi connectivity index (χ0) is 14.7. The van der Waals surface area contributed by atoms with Crippen LogP contribution in [0, 0.1) is 11.8 Å². The highest BCUT2D eigenvalue weighted by atomic mass is 16.7. The van der Waals surface area contributed by atoms with Crippen LogP contribution in [0.1, 0.15) is 34.1 Å². The Hall–Kier alpha value is -1.01. The van der Waals surface area contributed by atoms with Crippen molar-refractivity contribution in [2.75, 3.05) is 13.1 Å². The fourth-order valence-electron chi connectivity index (χ4n) is 3.27. The average molecular weight is 279 g/mol. The van der Waals surface area contributed by atoms with Crippen LogP contribution in [0.25, 0.3) is 0 Å². The Morgan fingerprint density at radius 2 is 1.90 bits per heavy atom. The Morgan fingerprint density at radius 1 is 1.30 bits per heavy atom. The number of carboxylic acid groups (broad SMARTS) is 1. The summed E-state index contributed by atoms with van der Waals surface area (Å²) in [6.07, 6.45) is 2.24. The molecule has 3 aliphatic rings. The zero-order valence-electron chi connectivity index (χ0n) is 12.5. The van der Waals surface area contributed by atoms with E-state index in [1.807, 2.05) is 0 Å². The maximum absolute atomic E-state index is 11.0.